The molecule has 0 spiro atoms. The normalized spacial score (nSPS) is 9.79. The van der Waals surface area contributed by atoms with E-state index in [1.807, 2.05) is 0 Å². The Kier molecular flexibility index (Phi) is 3.81. The van der Waals surface area contributed by atoms with Crippen molar-refractivity contribution >= 4 is 11.8 Å². The summed E-state index contributed by atoms with van der Waals surface area (Å²) < 4.78 is 4.82. The van der Waals surface area contributed by atoms with E-state index >= 15 is 0 Å². The second-order valence-corrected chi connectivity index (χ2v) is 2.51. The molecule has 0 aliphatic heterocycles. The van der Waals surface area contributed by atoms with Crippen LogP contribution in [0.5, 0.6) is 0 Å². The lowest BCUT2D eigenvalue weighted by Crippen LogP contribution is -2.10. The predicted molar refractivity (Wildman–Crippen MR) is 49.4 cm³/mol. The lowest BCUT2D eigenvalue weighted by Gasteiger charge is -2.04. The molecule has 0 aliphatic rings. The van der Waals surface area contributed by atoms with Gasteiger partial charge in [0.25, 0.3) is 0 Å². The van der Waals surface area contributed by atoms with E-state index in [0.29, 0.717) is 19.0 Å². The first-order chi connectivity index (χ1) is 6.74. The van der Waals surface area contributed by atoms with Crippen molar-refractivity contribution in [3.63, 3.8) is 0 Å². The van der Waals surface area contributed by atoms with E-state index in [1.54, 1.807) is 7.11 Å². The predicted octanol–water partition coefficient (Wildman–Crippen LogP) is 0.233. The van der Waals surface area contributed by atoms with Gasteiger partial charge in [-0.1, -0.05) is 0 Å². The molecule has 0 bridgehead atoms. The number of nitrogens with zero attached hydrogens (tertiary/aromatic N) is 2. The largest absolute Gasteiger partial charge is 0.477 e. The number of carboxylic acids is 1. The molecule has 6 nitrogen and oxygen atoms in total. The number of ether oxygens (including phenoxy) is 1. The van der Waals surface area contributed by atoms with E-state index in [2.05, 4.69) is 15.3 Å². The molecule has 0 fully saturated rings. The molecule has 0 aliphatic carbocycles. The van der Waals surface area contributed by atoms with Crippen LogP contribution in [0.15, 0.2) is 12.4 Å². The van der Waals surface area contributed by atoms with Gasteiger partial charge in [-0.15, -0.1) is 0 Å². The molecule has 0 unspecified atom stereocenters. The maximum Gasteiger partial charge on any atom is 0.354 e. The summed E-state index contributed by atoms with van der Waals surface area (Å²) in [6.07, 6.45) is 1.21. The van der Waals surface area contributed by atoms with Crippen molar-refractivity contribution in [3.05, 3.63) is 18.1 Å². The molecule has 2 N–H and O–H groups in total. The van der Waals surface area contributed by atoms with Crippen LogP contribution in [0.2, 0.25) is 0 Å². The molecule has 1 heterocycles. The van der Waals surface area contributed by atoms with Crippen LogP contribution >= 0.6 is 0 Å². The van der Waals surface area contributed by atoms with Crippen molar-refractivity contribution in [2.45, 2.75) is 0 Å². The van der Waals surface area contributed by atoms with E-state index in [4.69, 9.17) is 9.84 Å². The van der Waals surface area contributed by atoms with Gasteiger partial charge in [-0.25, -0.2) is 14.8 Å². The summed E-state index contributed by atoms with van der Waals surface area (Å²) in [6.45, 7) is 1.11. The first kappa shape index (κ1) is 10.4. The van der Waals surface area contributed by atoms with Gasteiger partial charge >= 0.3 is 5.97 Å². The van der Waals surface area contributed by atoms with E-state index in [0.717, 1.165) is 0 Å². The first-order valence-electron chi connectivity index (χ1n) is 4.02. The Morgan fingerprint density at radius 2 is 2.43 bits per heavy atom. The fourth-order valence-electron chi connectivity index (χ4n) is 0.852. The number of methoxy groups -OCH3 is 1. The highest BCUT2D eigenvalue weighted by Crippen LogP contribution is 2.02. The Labute approximate surface area is 80.9 Å². The van der Waals surface area contributed by atoms with E-state index in [9.17, 15) is 4.79 Å². The van der Waals surface area contributed by atoms with Gasteiger partial charge in [0.15, 0.2) is 5.69 Å². The van der Waals surface area contributed by atoms with Crippen LogP contribution in [-0.4, -0.2) is 41.3 Å². The van der Waals surface area contributed by atoms with Gasteiger partial charge in [0.2, 0.25) is 0 Å². The lowest BCUT2D eigenvalue weighted by molar-refractivity contribution is 0.0690. The van der Waals surface area contributed by atoms with Gasteiger partial charge < -0.3 is 15.2 Å². The van der Waals surface area contributed by atoms with Crippen molar-refractivity contribution in [1.29, 1.82) is 0 Å². The Morgan fingerprint density at radius 3 is 3.07 bits per heavy atom. The molecule has 0 aromatic carbocycles. The third-order valence-corrected chi connectivity index (χ3v) is 1.50. The number of carboxylic acid groups (broad SMARTS) is 1. The number of rotatable bonds is 5. The van der Waals surface area contributed by atoms with Crippen molar-refractivity contribution in [1.82, 2.24) is 9.97 Å². The summed E-state index contributed by atoms with van der Waals surface area (Å²) in [4.78, 5) is 18.0. The molecule has 6 heteroatoms. The maximum atomic E-state index is 10.5. The average Bonchev–Trinajstić information content (AvgIpc) is 2.19. The Balaban J connectivity index is 2.59. The second kappa shape index (κ2) is 5.13. The quantitative estimate of drug-likeness (QED) is 0.657. The molecule has 0 radical (unpaired) electrons. The summed E-state index contributed by atoms with van der Waals surface area (Å²) in [6, 6.07) is 1.37. The molecule has 76 valence electrons. The summed E-state index contributed by atoms with van der Waals surface area (Å²) in [5, 5.41) is 11.5. The highest BCUT2D eigenvalue weighted by Gasteiger charge is 2.04. The summed E-state index contributed by atoms with van der Waals surface area (Å²) in [5.41, 5.74) is -0.0279. The molecule has 14 heavy (non-hydrogen) atoms. The summed E-state index contributed by atoms with van der Waals surface area (Å²) >= 11 is 0. The van der Waals surface area contributed by atoms with Crippen LogP contribution in [0, 0.1) is 0 Å². The topological polar surface area (TPSA) is 84.3 Å². The van der Waals surface area contributed by atoms with Crippen LogP contribution in [0.4, 0.5) is 5.82 Å². The van der Waals surface area contributed by atoms with Crippen LogP contribution in [-0.2, 0) is 4.74 Å². The minimum absolute atomic E-state index is 0.0279. The van der Waals surface area contributed by atoms with Gasteiger partial charge in [0, 0.05) is 19.7 Å². The molecular formula is C8H11N3O3. The van der Waals surface area contributed by atoms with Gasteiger partial charge in [-0.05, 0) is 0 Å². The molecule has 0 atom stereocenters. The minimum atomic E-state index is -1.07. The van der Waals surface area contributed by atoms with Crippen molar-refractivity contribution in [2.24, 2.45) is 0 Å². The average molecular weight is 197 g/mol. The van der Waals surface area contributed by atoms with Gasteiger partial charge in [-0.2, -0.15) is 0 Å². The standard InChI is InChI=1S/C8H11N3O3/c1-14-3-2-9-7-4-6(8(12)13)10-5-11-7/h4-5H,2-3H2,1H3,(H,12,13)(H,9,10,11). The van der Waals surface area contributed by atoms with Gasteiger partial charge in [0.05, 0.1) is 6.61 Å². The molecule has 0 saturated heterocycles. The third kappa shape index (κ3) is 2.98. The Bertz CT molecular complexity index is 316. The fraction of sp³-hybridized carbons (Fsp3) is 0.375. The lowest BCUT2D eigenvalue weighted by atomic mass is 10.4. The summed E-state index contributed by atoms with van der Waals surface area (Å²) in [5.74, 6) is -0.586. The van der Waals surface area contributed by atoms with Crippen molar-refractivity contribution in [3.8, 4) is 0 Å². The van der Waals surface area contributed by atoms with Crippen LogP contribution in [0.1, 0.15) is 10.5 Å². The number of anilines is 1. The zero-order valence-electron chi connectivity index (χ0n) is 7.73. The summed E-state index contributed by atoms with van der Waals surface area (Å²) in [7, 11) is 1.59. The van der Waals surface area contributed by atoms with Crippen LogP contribution in [0.3, 0.4) is 0 Å². The minimum Gasteiger partial charge on any atom is -0.477 e. The highest BCUT2D eigenvalue weighted by molar-refractivity contribution is 5.85. The highest BCUT2D eigenvalue weighted by atomic mass is 16.5. The molecule has 0 amide bonds. The Hall–Kier alpha value is -1.69. The number of nitrogens with one attached hydrogen (secondary N) is 1. The number of carbonyl (C=O) groups is 1. The first-order valence-corrected chi connectivity index (χ1v) is 4.02. The van der Waals surface area contributed by atoms with E-state index in [1.165, 1.54) is 12.4 Å². The Morgan fingerprint density at radius 1 is 1.64 bits per heavy atom. The number of aromatic carboxylic acids is 1. The molecule has 1 rings (SSSR count). The number of aromatic nitrogens is 2. The van der Waals surface area contributed by atoms with Crippen molar-refractivity contribution in [2.75, 3.05) is 25.6 Å². The monoisotopic (exact) mass is 197 g/mol. The fourth-order valence-corrected chi connectivity index (χ4v) is 0.852. The van der Waals surface area contributed by atoms with E-state index < -0.39 is 5.97 Å². The third-order valence-electron chi connectivity index (χ3n) is 1.50. The maximum absolute atomic E-state index is 10.5. The molecular weight excluding hydrogens is 186 g/mol. The second-order valence-electron chi connectivity index (χ2n) is 2.51. The van der Waals surface area contributed by atoms with Gasteiger partial charge in [-0.3, -0.25) is 0 Å². The SMILES string of the molecule is COCCNc1cc(C(=O)O)ncn1. The van der Waals surface area contributed by atoms with Crippen LogP contribution < -0.4 is 5.32 Å². The molecule has 0 saturated carbocycles. The molecule has 1 aromatic rings. The van der Waals surface area contributed by atoms with E-state index in [-0.39, 0.29) is 5.69 Å². The number of hydrogen-bond donors (Lipinski definition) is 2. The van der Waals surface area contributed by atoms with Crippen LogP contribution in [0.25, 0.3) is 0 Å². The number of hydrogen-bond acceptors (Lipinski definition) is 5. The smallest absolute Gasteiger partial charge is 0.354 e. The van der Waals surface area contributed by atoms with Crippen molar-refractivity contribution < 1.29 is 14.6 Å². The van der Waals surface area contributed by atoms with Gasteiger partial charge in [0.1, 0.15) is 12.1 Å². The zero-order chi connectivity index (χ0) is 10.4. The zero-order valence-corrected chi connectivity index (χ0v) is 7.73. The molecule has 1 aromatic heterocycles.